The maximum atomic E-state index is 13.3. The predicted octanol–water partition coefficient (Wildman–Crippen LogP) is 4.68. The number of ether oxygens (including phenoxy) is 1. The summed E-state index contributed by atoms with van der Waals surface area (Å²) in [7, 11) is 0. The van der Waals surface area contributed by atoms with Crippen molar-refractivity contribution in [2.75, 3.05) is 6.61 Å². The molecule has 1 rings (SSSR count). The average Bonchev–Trinajstić information content (AvgIpc) is 2.34. The van der Waals surface area contributed by atoms with Gasteiger partial charge in [0.05, 0.1) is 6.61 Å². The number of benzene rings is 1. The maximum Gasteiger partial charge on any atom is 0.123 e. The molecule has 0 radical (unpaired) electrons. The van der Waals surface area contributed by atoms with Gasteiger partial charge in [-0.25, -0.2) is 4.39 Å². The molecular formula is C15H21FO. The third kappa shape index (κ3) is 3.88. The molecule has 17 heavy (non-hydrogen) atoms. The Morgan fingerprint density at radius 2 is 2.18 bits per heavy atom. The minimum atomic E-state index is -0.202. The van der Waals surface area contributed by atoms with E-state index in [9.17, 15) is 4.39 Å². The van der Waals surface area contributed by atoms with E-state index in [0.717, 1.165) is 30.6 Å². The van der Waals surface area contributed by atoms with E-state index in [2.05, 4.69) is 20.4 Å². The normalized spacial score (nSPS) is 12.2. The standard InChI is InChI=1S/C15H21FO/c1-4-7-12(6-3)14-11-13(16)8-9-15(14)17-10-5-2/h4,8-9,11-12H,1,5-7,10H2,2-3H3. The number of allylic oxidation sites excluding steroid dienone is 1. The largest absolute Gasteiger partial charge is 0.493 e. The molecule has 0 aliphatic heterocycles. The molecule has 0 N–H and O–H groups in total. The van der Waals surface area contributed by atoms with Gasteiger partial charge in [-0.05, 0) is 43.4 Å². The van der Waals surface area contributed by atoms with Crippen molar-refractivity contribution in [2.24, 2.45) is 0 Å². The third-order valence-electron chi connectivity index (χ3n) is 2.82. The van der Waals surface area contributed by atoms with Crippen LogP contribution in [0.2, 0.25) is 0 Å². The Balaban J connectivity index is 2.99. The zero-order chi connectivity index (χ0) is 12.7. The molecule has 0 bridgehead atoms. The minimum Gasteiger partial charge on any atom is -0.493 e. The van der Waals surface area contributed by atoms with E-state index in [1.165, 1.54) is 6.07 Å². The third-order valence-corrected chi connectivity index (χ3v) is 2.82. The molecule has 1 aromatic rings. The zero-order valence-corrected chi connectivity index (χ0v) is 10.7. The summed E-state index contributed by atoms with van der Waals surface area (Å²) in [5.41, 5.74) is 0.959. The summed E-state index contributed by atoms with van der Waals surface area (Å²) in [6.07, 6.45) is 4.64. The van der Waals surface area contributed by atoms with Crippen LogP contribution in [-0.2, 0) is 0 Å². The molecule has 1 nitrogen and oxygen atoms in total. The Hall–Kier alpha value is -1.31. The number of hydrogen-bond donors (Lipinski definition) is 0. The molecule has 0 aromatic heterocycles. The van der Waals surface area contributed by atoms with Gasteiger partial charge in [-0.2, -0.15) is 0 Å². The lowest BCUT2D eigenvalue weighted by Crippen LogP contribution is -2.03. The van der Waals surface area contributed by atoms with Crippen molar-refractivity contribution in [3.8, 4) is 5.75 Å². The van der Waals surface area contributed by atoms with Gasteiger partial charge in [0.15, 0.2) is 0 Å². The lowest BCUT2D eigenvalue weighted by Gasteiger charge is -2.18. The molecule has 0 aliphatic carbocycles. The second-order valence-corrected chi connectivity index (χ2v) is 4.16. The molecule has 0 spiro atoms. The van der Waals surface area contributed by atoms with E-state index < -0.39 is 0 Å². The fourth-order valence-corrected chi connectivity index (χ4v) is 1.90. The van der Waals surface area contributed by atoms with Gasteiger partial charge in [0.25, 0.3) is 0 Å². The molecule has 0 amide bonds. The second kappa shape index (κ2) is 7.10. The van der Waals surface area contributed by atoms with Crippen LogP contribution in [0.3, 0.4) is 0 Å². The molecule has 1 atom stereocenters. The highest BCUT2D eigenvalue weighted by molar-refractivity contribution is 5.37. The second-order valence-electron chi connectivity index (χ2n) is 4.16. The van der Waals surface area contributed by atoms with Crippen molar-refractivity contribution >= 4 is 0 Å². The zero-order valence-electron chi connectivity index (χ0n) is 10.7. The fourth-order valence-electron chi connectivity index (χ4n) is 1.90. The molecule has 0 fully saturated rings. The molecule has 94 valence electrons. The highest BCUT2D eigenvalue weighted by Crippen LogP contribution is 2.32. The molecular weight excluding hydrogens is 215 g/mol. The van der Waals surface area contributed by atoms with Gasteiger partial charge < -0.3 is 4.74 Å². The summed E-state index contributed by atoms with van der Waals surface area (Å²) < 4.78 is 19.0. The fraction of sp³-hybridized carbons (Fsp3) is 0.467. The lowest BCUT2D eigenvalue weighted by molar-refractivity contribution is 0.311. The van der Waals surface area contributed by atoms with Crippen LogP contribution >= 0.6 is 0 Å². The Bertz CT molecular complexity index is 360. The summed E-state index contributed by atoms with van der Waals surface area (Å²) in [4.78, 5) is 0. The number of halogens is 1. The van der Waals surface area contributed by atoms with Crippen LogP contribution in [0.1, 0.15) is 44.6 Å². The van der Waals surface area contributed by atoms with Gasteiger partial charge in [-0.3, -0.25) is 0 Å². The Morgan fingerprint density at radius 3 is 2.76 bits per heavy atom. The van der Waals surface area contributed by atoms with Crippen molar-refractivity contribution in [3.05, 3.63) is 42.2 Å². The topological polar surface area (TPSA) is 9.23 Å². The first kappa shape index (κ1) is 13.8. The summed E-state index contributed by atoms with van der Waals surface area (Å²) in [5.74, 6) is 0.892. The number of rotatable bonds is 7. The highest BCUT2D eigenvalue weighted by atomic mass is 19.1. The first-order chi connectivity index (χ1) is 8.22. The van der Waals surface area contributed by atoms with Gasteiger partial charge in [0.1, 0.15) is 11.6 Å². The molecule has 0 saturated heterocycles. The van der Waals surface area contributed by atoms with E-state index in [-0.39, 0.29) is 11.7 Å². The van der Waals surface area contributed by atoms with Crippen molar-refractivity contribution in [1.82, 2.24) is 0 Å². The predicted molar refractivity (Wildman–Crippen MR) is 70.0 cm³/mol. The Kier molecular flexibility index (Phi) is 5.75. The Morgan fingerprint density at radius 1 is 1.41 bits per heavy atom. The first-order valence-corrected chi connectivity index (χ1v) is 6.26. The average molecular weight is 236 g/mol. The van der Waals surface area contributed by atoms with Crippen LogP contribution in [0.5, 0.6) is 5.75 Å². The van der Waals surface area contributed by atoms with Crippen molar-refractivity contribution in [3.63, 3.8) is 0 Å². The SMILES string of the molecule is C=CCC(CC)c1cc(F)ccc1OCCC. The van der Waals surface area contributed by atoms with Gasteiger partial charge in [0, 0.05) is 5.56 Å². The van der Waals surface area contributed by atoms with Gasteiger partial charge in [-0.15, -0.1) is 6.58 Å². The number of hydrogen-bond acceptors (Lipinski definition) is 1. The summed E-state index contributed by atoms with van der Waals surface area (Å²) in [5, 5.41) is 0. The first-order valence-electron chi connectivity index (χ1n) is 6.26. The summed E-state index contributed by atoms with van der Waals surface area (Å²) in [6, 6.07) is 4.77. The molecule has 1 aromatic carbocycles. The molecule has 0 aliphatic rings. The molecule has 0 heterocycles. The monoisotopic (exact) mass is 236 g/mol. The Labute approximate surface area is 103 Å². The molecule has 1 unspecified atom stereocenters. The van der Waals surface area contributed by atoms with Crippen molar-refractivity contribution in [2.45, 2.75) is 39.0 Å². The summed E-state index contributed by atoms with van der Waals surface area (Å²) >= 11 is 0. The van der Waals surface area contributed by atoms with Gasteiger partial charge in [-0.1, -0.05) is 19.9 Å². The lowest BCUT2D eigenvalue weighted by atomic mass is 9.92. The smallest absolute Gasteiger partial charge is 0.123 e. The van der Waals surface area contributed by atoms with Crippen molar-refractivity contribution < 1.29 is 9.13 Å². The van der Waals surface area contributed by atoms with Crippen LogP contribution in [0, 0.1) is 5.82 Å². The van der Waals surface area contributed by atoms with E-state index in [1.807, 2.05) is 6.08 Å². The van der Waals surface area contributed by atoms with E-state index in [4.69, 9.17) is 4.74 Å². The van der Waals surface area contributed by atoms with Crippen LogP contribution in [0.25, 0.3) is 0 Å². The van der Waals surface area contributed by atoms with E-state index >= 15 is 0 Å². The van der Waals surface area contributed by atoms with E-state index in [0.29, 0.717) is 6.61 Å². The van der Waals surface area contributed by atoms with Crippen LogP contribution < -0.4 is 4.74 Å². The molecule has 0 saturated carbocycles. The quantitative estimate of drug-likeness (QED) is 0.624. The van der Waals surface area contributed by atoms with Crippen LogP contribution in [0.4, 0.5) is 4.39 Å². The van der Waals surface area contributed by atoms with Gasteiger partial charge >= 0.3 is 0 Å². The maximum absolute atomic E-state index is 13.3. The van der Waals surface area contributed by atoms with Crippen LogP contribution in [-0.4, -0.2) is 6.61 Å². The summed E-state index contributed by atoms with van der Waals surface area (Å²) in [6.45, 7) is 8.58. The molecule has 2 heteroatoms. The van der Waals surface area contributed by atoms with E-state index in [1.54, 1.807) is 12.1 Å². The van der Waals surface area contributed by atoms with Crippen LogP contribution in [0.15, 0.2) is 30.9 Å². The van der Waals surface area contributed by atoms with Gasteiger partial charge in [0.2, 0.25) is 0 Å². The van der Waals surface area contributed by atoms with Crippen molar-refractivity contribution in [1.29, 1.82) is 0 Å². The highest BCUT2D eigenvalue weighted by Gasteiger charge is 2.14. The minimum absolute atomic E-state index is 0.202.